The fraction of sp³-hybridized carbons (Fsp3) is 0.933. The number of aliphatic hydroxyl groups excluding tert-OH is 3. The van der Waals surface area contributed by atoms with Crippen LogP contribution < -0.4 is 0 Å². The summed E-state index contributed by atoms with van der Waals surface area (Å²) < 4.78 is 0. The van der Waals surface area contributed by atoms with Gasteiger partial charge in [-0.25, -0.2) is 0 Å². The molecule has 0 spiro atoms. The van der Waals surface area contributed by atoms with E-state index in [2.05, 4.69) is 54.5 Å². The standard InChI is InChI=1S/C30H52O4/c1-18(2)10-9-13-30(8,34)19-11-15-28(6)24(19)20(31)16-22-27(5)14-12-23(33)26(3,4)25(27)21(32)17-29(22,28)7/h10,19-25,31-34H,9,11-17H2,1-8H3/t19?,20-,21?,22?,23+,24+,25?,27-,28?,29-,30?/m1/s1. The Labute approximate surface area is 208 Å². The van der Waals surface area contributed by atoms with Gasteiger partial charge >= 0.3 is 0 Å². The normalized spacial score (nSPS) is 51.6. The lowest BCUT2D eigenvalue weighted by Gasteiger charge is -2.71. The summed E-state index contributed by atoms with van der Waals surface area (Å²) in [5.74, 6) is 0.442. The smallest absolute Gasteiger partial charge is 0.0654 e. The van der Waals surface area contributed by atoms with Crippen molar-refractivity contribution in [1.29, 1.82) is 0 Å². The molecule has 4 nitrogen and oxygen atoms in total. The van der Waals surface area contributed by atoms with E-state index in [9.17, 15) is 20.4 Å². The largest absolute Gasteiger partial charge is 0.393 e. The Morgan fingerprint density at radius 2 is 1.59 bits per heavy atom. The maximum absolute atomic E-state index is 11.8. The van der Waals surface area contributed by atoms with Crippen molar-refractivity contribution in [1.82, 2.24) is 0 Å². The van der Waals surface area contributed by atoms with Gasteiger partial charge in [0.1, 0.15) is 0 Å². The van der Waals surface area contributed by atoms with Crippen LogP contribution in [0.3, 0.4) is 0 Å². The molecular weight excluding hydrogens is 424 g/mol. The van der Waals surface area contributed by atoms with Crippen molar-refractivity contribution in [3.63, 3.8) is 0 Å². The quantitative estimate of drug-likeness (QED) is 0.406. The van der Waals surface area contributed by atoms with Crippen molar-refractivity contribution in [2.75, 3.05) is 0 Å². The van der Waals surface area contributed by atoms with Crippen LogP contribution in [0.25, 0.3) is 0 Å². The lowest BCUT2D eigenvalue weighted by atomic mass is 9.34. The van der Waals surface area contributed by atoms with Gasteiger partial charge < -0.3 is 20.4 Å². The zero-order chi connectivity index (χ0) is 25.5. The number of hydrogen-bond acceptors (Lipinski definition) is 4. The topological polar surface area (TPSA) is 80.9 Å². The molecule has 11 atom stereocenters. The number of fused-ring (bicyclic) bond motifs is 5. The van der Waals surface area contributed by atoms with E-state index in [1.54, 1.807) is 0 Å². The van der Waals surface area contributed by atoms with E-state index in [1.165, 1.54) is 5.57 Å². The molecule has 0 aliphatic heterocycles. The maximum atomic E-state index is 11.8. The summed E-state index contributed by atoms with van der Waals surface area (Å²) in [5.41, 5.74) is -0.230. The fourth-order valence-corrected chi connectivity index (χ4v) is 10.5. The summed E-state index contributed by atoms with van der Waals surface area (Å²) in [6.45, 7) is 17.5. The summed E-state index contributed by atoms with van der Waals surface area (Å²) in [5, 5.41) is 46.0. The molecular formula is C30H52O4. The highest BCUT2D eigenvalue weighted by molar-refractivity contribution is 5.21. The molecule has 0 saturated heterocycles. The first kappa shape index (κ1) is 26.6. The van der Waals surface area contributed by atoms with Gasteiger partial charge in [-0.15, -0.1) is 0 Å². The third-order valence-electron chi connectivity index (χ3n) is 12.3. The van der Waals surface area contributed by atoms with E-state index < -0.39 is 23.9 Å². The first-order valence-electron chi connectivity index (χ1n) is 13.9. The van der Waals surface area contributed by atoms with Gasteiger partial charge in [-0.05, 0) is 117 Å². The van der Waals surface area contributed by atoms with Crippen LogP contribution in [0.4, 0.5) is 0 Å². The Morgan fingerprint density at radius 3 is 2.21 bits per heavy atom. The molecule has 196 valence electrons. The highest BCUT2D eigenvalue weighted by Crippen LogP contribution is 2.75. The van der Waals surface area contributed by atoms with Crippen molar-refractivity contribution in [2.24, 2.45) is 45.3 Å². The minimum atomic E-state index is -0.810. The summed E-state index contributed by atoms with van der Waals surface area (Å²) in [7, 11) is 0. The van der Waals surface area contributed by atoms with Crippen LogP contribution in [0, 0.1) is 45.3 Å². The van der Waals surface area contributed by atoms with Crippen LogP contribution in [0.15, 0.2) is 11.6 Å². The predicted octanol–water partition coefficient (Wildman–Crippen LogP) is 5.47. The first-order chi connectivity index (χ1) is 15.5. The van der Waals surface area contributed by atoms with E-state index >= 15 is 0 Å². The Hall–Kier alpha value is -0.420. The molecule has 4 fully saturated rings. The van der Waals surface area contributed by atoms with Crippen molar-refractivity contribution >= 4 is 0 Å². The van der Waals surface area contributed by atoms with Crippen LogP contribution in [0.1, 0.15) is 107 Å². The Balaban J connectivity index is 1.70. The number of allylic oxidation sites excluding steroid dienone is 2. The number of aliphatic hydroxyl groups is 4. The second kappa shape index (κ2) is 8.30. The summed E-state index contributed by atoms with van der Waals surface area (Å²) in [6, 6.07) is 0. The molecule has 0 heterocycles. The van der Waals surface area contributed by atoms with E-state index in [1.807, 2.05) is 6.92 Å². The molecule has 4 saturated carbocycles. The van der Waals surface area contributed by atoms with Crippen LogP contribution >= 0.6 is 0 Å². The zero-order valence-corrected chi connectivity index (χ0v) is 23.1. The minimum absolute atomic E-state index is 0.0264. The Morgan fingerprint density at radius 1 is 0.941 bits per heavy atom. The van der Waals surface area contributed by atoms with Gasteiger partial charge in [0.25, 0.3) is 0 Å². The van der Waals surface area contributed by atoms with Crippen molar-refractivity contribution in [3.05, 3.63) is 11.6 Å². The SMILES string of the molecule is CC(C)=CCCC(C)(O)C1CCC2(C)[C@@H]1[C@H](O)CC1[C@@]3(C)CC[C@H](O)C(C)(C)C3C(O)C[C@]12C. The van der Waals surface area contributed by atoms with Crippen molar-refractivity contribution in [3.8, 4) is 0 Å². The number of rotatable bonds is 4. The van der Waals surface area contributed by atoms with E-state index in [0.717, 1.165) is 51.4 Å². The van der Waals surface area contributed by atoms with Gasteiger partial charge in [0.2, 0.25) is 0 Å². The zero-order valence-electron chi connectivity index (χ0n) is 23.1. The molecule has 6 unspecified atom stereocenters. The second-order valence-electron chi connectivity index (χ2n) is 14.7. The van der Waals surface area contributed by atoms with E-state index in [4.69, 9.17) is 0 Å². The van der Waals surface area contributed by atoms with Gasteiger partial charge in [-0.3, -0.25) is 0 Å². The van der Waals surface area contributed by atoms with Crippen LogP contribution in [0.2, 0.25) is 0 Å². The lowest BCUT2D eigenvalue weighted by molar-refractivity contribution is -0.274. The van der Waals surface area contributed by atoms with Gasteiger partial charge in [-0.1, -0.05) is 46.3 Å². The average molecular weight is 477 g/mol. The van der Waals surface area contributed by atoms with Crippen molar-refractivity contribution < 1.29 is 20.4 Å². The third kappa shape index (κ3) is 3.60. The van der Waals surface area contributed by atoms with Crippen LogP contribution in [-0.2, 0) is 0 Å². The molecule has 4 aliphatic rings. The minimum Gasteiger partial charge on any atom is -0.393 e. The van der Waals surface area contributed by atoms with Gasteiger partial charge in [-0.2, -0.15) is 0 Å². The summed E-state index contributed by atoms with van der Waals surface area (Å²) in [6.07, 6.45) is 7.54. The average Bonchev–Trinajstić information content (AvgIpc) is 3.07. The van der Waals surface area contributed by atoms with E-state index in [0.29, 0.717) is 5.92 Å². The van der Waals surface area contributed by atoms with Gasteiger partial charge in [0.05, 0.1) is 23.9 Å². The summed E-state index contributed by atoms with van der Waals surface area (Å²) >= 11 is 0. The van der Waals surface area contributed by atoms with E-state index in [-0.39, 0.29) is 39.4 Å². The van der Waals surface area contributed by atoms with Gasteiger partial charge in [0.15, 0.2) is 0 Å². The van der Waals surface area contributed by atoms with Crippen molar-refractivity contribution in [2.45, 2.75) is 131 Å². The molecule has 0 radical (unpaired) electrons. The second-order valence-corrected chi connectivity index (χ2v) is 14.7. The molecule has 0 amide bonds. The lowest BCUT2D eigenvalue weighted by Crippen LogP contribution is -2.69. The fourth-order valence-electron chi connectivity index (χ4n) is 10.5. The van der Waals surface area contributed by atoms with Crippen LogP contribution in [0.5, 0.6) is 0 Å². The maximum Gasteiger partial charge on any atom is 0.0654 e. The molecule has 0 aromatic rings. The molecule has 0 aromatic heterocycles. The molecule has 0 bridgehead atoms. The molecule has 4 rings (SSSR count). The third-order valence-corrected chi connectivity index (χ3v) is 12.3. The van der Waals surface area contributed by atoms with Crippen LogP contribution in [-0.4, -0.2) is 44.3 Å². The molecule has 34 heavy (non-hydrogen) atoms. The highest BCUT2D eigenvalue weighted by Gasteiger charge is 2.72. The monoisotopic (exact) mass is 476 g/mol. The van der Waals surface area contributed by atoms with Gasteiger partial charge in [0, 0.05) is 0 Å². The molecule has 4 N–H and O–H groups in total. The molecule has 4 aliphatic carbocycles. The number of hydrogen-bond donors (Lipinski definition) is 4. The Bertz CT molecular complexity index is 813. The Kier molecular flexibility index (Phi) is 6.50. The molecule has 0 aromatic carbocycles. The predicted molar refractivity (Wildman–Crippen MR) is 137 cm³/mol. The summed E-state index contributed by atoms with van der Waals surface area (Å²) in [4.78, 5) is 0. The highest BCUT2D eigenvalue weighted by atomic mass is 16.3. The first-order valence-corrected chi connectivity index (χ1v) is 13.9. The molecule has 4 heteroatoms.